The molecule has 1 aliphatic rings. The Morgan fingerprint density at radius 3 is 1.83 bits per heavy atom. The Kier molecular flexibility index (Phi) is 10.4. The number of ether oxygens (including phenoxy) is 1. The summed E-state index contributed by atoms with van der Waals surface area (Å²) in [7, 11) is 0. The van der Waals surface area contributed by atoms with Gasteiger partial charge in [0.1, 0.15) is 23.3 Å². The molecular weight excluding hydrogens is 718 g/mol. The van der Waals surface area contributed by atoms with Crippen molar-refractivity contribution in [1.82, 2.24) is 24.9 Å². The molecule has 0 saturated carbocycles. The summed E-state index contributed by atoms with van der Waals surface area (Å²) >= 11 is 6.25. The second kappa shape index (κ2) is 15.3. The first-order valence-corrected chi connectivity index (χ1v) is 17.5. The summed E-state index contributed by atoms with van der Waals surface area (Å²) in [5.74, 6) is -2.75. The van der Waals surface area contributed by atoms with E-state index in [9.17, 15) is 17.6 Å². The maximum atomic E-state index is 15.0. The quantitative estimate of drug-likeness (QED) is 0.174. The number of pyridine rings is 5. The Morgan fingerprint density at radius 2 is 1.24 bits per heavy atom. The molecule has 1 N–H and O–H groups in total. The molecule has 0 radical (unpaired) electrons. The number of nitrogens with zero attached hydrogens (tertiary/aromatic N) is 6. The Hall–Kier alpha value is -5.72. The number of halogens is 5. The lowest BCUT2D eigenvalue weighted by Gasteiger charge is -2.28. The lowest BCUT2D eigenvalue weighted by atomic mass is 10.0. The number of rotatable bonds is 5. The second-order valence-corrected chi connectivity index (χ2v) is 13.4. The average Bonchev–Trinajstić information content (AvgIpc) is 3.14. The van der Waals surface area contributed by atoms with Crippen LogP contribution in [0.2, 0.25) is 5.02 Å². The standard InChI is InChI=1S/C25H23F2N5O.C16H11ClF2N2/c1-15-3-4-29-22(9-15)24-16(2)25(23-20(27)10-17(26)11-21(23)31-24)30-18-12-19(14-28-13-18)32-5-7-33-8-6-32;1-8-3-4-20-13(5-8)16-9(2)15(17)14-11(19)6-10(18)7-12(14)21-16/h3-4,9-14H,5-8H2,1-2H3,(H,30,31);3-7H,1-2H3. The lowest BCUT2D eigenvalue weighted by Crippen LogP contribution is -2.36. The molecule has 54 heavy (non-hydrogen) atoms. The van der Waals surface area contributed by atoms with E-state index in [1.165, 1.54) is 12.1 Å². The van der Waals surface area contributed by atoms with Gasteiger partial charge >= 0.3 is 0 Å². The van der Waals surface area contributed by atoms with Gasteiger partial charge in [0.15, 0.2) is 0 Å². The van der Waals surface area contributed by atoms with Gasteiger partial charge in [-0.1, -0.05) is 11.6 Å². The normalized spacial score (nSPS) is 12.9. The predicted octanol–water partition coefficient (Wildman–Crippen LogP) is 10.0. The molecule has 0 atom stereocenters. The molecule has 1 fully saturated rings. The molecule has 1 saturated heterocycles. The van der Waals surface area contributed by atoms with Crippen LogP contribution in [0.4, 0.5) is 34.6 Å². The number of morpholine rings is 1. The van der Waals surface area contributed by atoms with Gasteiger partial charge in [0, 0.05) is 55.3 Å². The first-order chi connectivity index (χ1) is 26.0. The Morgan fingerprint density at radius 1 is 0.685 bits per heavy atom. The number of aryl methyl sites for hydroxylation is 2. The molecule has 0 amide bonds. The van der Waals surface area contributed by atoms with Crippen LogP contribution in [-0.2, 0) is 4.74 Å². The fourth-order valence-corrected chi connectivity index (χ4v) is 6.67. The van der Waals surface area contributed by atoms with E-state index in [2.05, 4.69) is 35.1 Å². The van der Waals surface area contributed by atoms with Crippen LogP contribution in [0.1, 0.15) is 22.3 Å². The molecule has 0 unspecified atom stereocenters. The van der Waals surface area contributed by atoms with Crippen LogP contribution in [0, 0.1) is 51.0 Å². The van der Waals surface area contributed by atoms with Crippen LogP contribution in [0.5, 0.6) is 0 Å². The summed E-state index contributed by atoms with van der Waals surface area (Å²) in [5.41, 5.74) is 8.28. The summed E-state index contributed by atoms with van der Waals surface area (Å²) in [5, 5.41) is 3.92. The Bertz CT molecular complexity index is 2550. The lowest BCUT2D eigenvalue weighted by molar-refractivity contribution is 0.122. The van der Waals surface area contributed by atoms with E-state index in [-0.39, 0.29) is 26.8 Å². The zero-order valence-corrected chi connectivity index (χ0v) is 30.6. The molecule has 13 heteroatoms. The maximum Gasteiger partial charge on any atom is 0.137 e. The number of hydrogen-bond acceptors (Lipinski definition) is 8. The molecule has 5 aromatic heterocycles. The van der Waals surface area contributed by atoms with Crippen LogP contribution in [0.3, 0.4) is 0 Å². The minimum absolute atomic E-state index is 0.131. The monoisotopic (exact) mass is 751 g/mol. The summed E-state index contributed by atoms with van der Waals surface area (Å²) in [6, 6.07) is 13.6. The van der Waals surface area contributed by atoms with Crippen molar-refractivity contribution in [2.75, 3.05) is 36.5 Å². The van der Waals surface area contributed by atoms with Gasteiger partial charge < -0.3 is 15.0 Å². The average molecular weight is 752 g/mol. The maximum absolute atomic E-state index is 15.0. The molecular formula is C41H34ClF4N7O. The van der Waals surface area contributed by atoms with Gasteiger partial charge in [-0.25, -0.2) is 27.5 Å². The summed E-state index contributed by atoms with van der Waals surface area (Å²) in [6.07, 6.45) is 6.84. The molecule has 6 heterocycles. The third kappa shape index (κ3) is 7.53. The van der Waals surface area contributed by atoms with E-state index in [1.807, 2.05) is 51.1 Å². The van der Waals surface area contributed by atoms with Crippen LogP contribution in [-0.4, -0.2) is 51.2 Å². The summed E-state index contributed by atoms with van der Waals surface area (Å²) in [6.45, 7) is 10.4. The molecule has 0 spiro atoms. The third-order valence-electron chi connectivity index (χ3n) is 9.10. The first-order valence-electron chi connectivity index (χ1n) is 17.1. The molecule has 0 aliphatic carbocycles. The zero-order chi connectivity index (χ0) is 38.1. The Balaban J connectivity index is 0.000000184. The number of benzene rings is 2. The van der Waals surface area contributed by atoms with Gasteiger partial charge in [-0.05, 0) is 74.7 Å². The number of aromatic nitrogens is 5. The fourth-order valence-electron chi connectivity index (χ4n) is 6.39. The Labute approximate surface area is 313 Å². The van der Waals surface area contributed by atoms with Gasteiger partial charge in [-0.3, -0.25) is 15.0 Å². The number of nitrogens with one attached hydrogen (secondary N) is 1. The highest BCUT2D eigenvalue weighted by Gasteiger charge is 2.20. The number of hydrogen-bond donors (Lipinski definition) is 1. The van der Waals surface area contributed by atoms with E-state index in [0.717, 1.165) is 42.0 Å². The molecule has 274 valence electrons. The van der Waals surface area contributed by atoms with Crippen LogP contribution >= 0.6 is 11.6 Å². The van der Waals surface area contributed by atoms with Crippen molar-refractivity contribution in [3.05, 3.63) is 130 Å². The van der Waals surface area contributed by atoms with Crippen molar-refractivity contribution in [2.24, 2.45) is 0 Å². The van der Waals surface area contributed by atoms with E-state index >= 15 is 0 Å². The predicted molar refractivity (Wildman–Crippen MR) is 204 cm³/mol. The highest BCUT2D eigenvalue weighted by molar-refractivity contribution is 6.36. The van der Waals surface area contributed by atoms with Crippen molar-refractivity contribution in [2.45, 2.75) is 27.7 Å². The van der Waals surface area contributed by atoms with E-state index in [1.54, 1.807) is 31.7 Å². The molecule has 0 bridgehead atoms. The number of fused-ring (bicyclic) bond motifs is 2. The van der Waals surface area contributed by atoms with E-state index in [0.29, 0.717) is 58.5 Å². The van der Waals surface area contributed by atoms with Gasteiger partial charge in [0.25, 0.3) is 0 Å². The van der Waals surface area contributed by atoms with Gasteiger partial charge in [0.2, 0.25) is 0 Å². The van der Waals surface area contributed by atoms with Gasteiger partial charge in [-0.2, -0.15) is 0 Å². The third-order valence-corrected chi connectivity index (χ3v) is 9.57. The van der Waals surface area contributed by atoms with Crippen molar-refractivity contribution in [3.63, 3.8) is 0 Å². The van der Waals surface area contributed by atoms with Gasteiger partial charge in [0.05, 0.1) is 92.3 Å². The smallest absolute Gasteiger partial charge is 0.137 e. The fraction of sp³-hybridized carbons (Fsp3) is 0.195. The van der Waals surface area contributed by atoms with Gasteiger partial charge in [-0.15, -0.1) is 0 Å². The van der Waals surface area contributed by atoms with Crippen molar-refractivity contribution >= 4 is 50.5 Å². The van der Waals surface area contributed by atoms with E-state index < -0.39 is 23.3 Å². The topological polar surface area (TPSA) is 89.0 Å². The number of anilines is 3. The van der Waals surface area contributed by atoms with Crippen LogP contribution < -0.4 is 10.2 Å². The highest BCUT2D eigenvalue weighted by atomic mass is 35.5. The van der Waals surface area contributed by atoms with Crippen LogP contribution in [0.15, 0.2) is 79.4 Å². The van der Waals surface area contributed by atoms with E-state index in [4.69, 9.17) is 16.3 Å². The molecule has 7 aromatic rings. The van der Waals surface area contributed by atoms with Crippen molar-refractivity contribution in [3.8, 4) is 22.8 Å². The minimum Gasteiger partial charge on any atom is -0.378 e. The van der Waals surface area contributed by atoms with Crippen molar-refractivity contribution < 1.29 is 22.3 Å². The zero-order valence-electron chi connectivity index (χ0n) is 29.8. The molecule has 1 aliphatic heterocycles. The summed E-state index contributed by atoms with van der Waals surface area (Å²) in [4.78, 5) is 24.2. The van der Waals surface area contributed by atoms with Crippen LogP contribution in [0.25, 0.3) is 44.6 Å². The SMILES string of the molecule is Cc1ccnc(-c2nc3cc(F)cc(F)c3c(Cl)c2C)c1.Cc1ccnc(-c2nc3cc(F)cc(F)c3c(Nc3cncc(N4CCOCC4)c3)c2C)c1. The molecule has 8 rings (SSSR count). The minimum atomic E-state index is -0.714. The second-order valence-electron chi connectivity index (χ2n) is 13.0. The summed E-state index contributed by atoms with van der Waals surface area (Å²) < 4.78 is 61.8. The first kappa shape index (κ1) is 36.6. The molecule has 8 nitrogen and oxygen atoms in total. The molecule has 2 aromatic carbocycles. The largest absolute Gasteiger partial charge is 0.378 e. The highest BCUT2D eigenvalue weighted by Crippen LogP contribution is 2.38. The van der Waals surface area contributed by atoms with Crippen molar-refractivity contribution in [1.29, 1.82) is 0 Å².